The predicted molar refractivity (Wildman–Crippen MR) is 69.2 cm³/mol. The maximum Gasteiger partial charge on any atom is 0.226 e. The first kappa shape index (κ1) is 16.2. The molecule has 0 spiro atoms. The highest BCUT2D eigenvalue weighted by molar-refractivity contribution is 5.85. The fourth-order valence-corrected chi connectivity index (χ4v) is 1.88. The molecule has 1 unspecified atom stereocenters. The molecule has 0 aliphatic carbocycles. The topological polar surface area (TPSA) is 61.4 Å². The minimum absolute atomic E-state index is 0. The van der Waals surface area contributed by atoms with E-state index in [1.54, 1.807) is 19.0 Å². The van der Waals surface area contributed by atoms with Gasteiger partial charge in [0.2, 0.25) is 11.8 Å². The summed E-state index contributed by atoms with van der Waals surface area (Å²) in [6.07, 6.45) is 2.38. The molecule has 2 amide bonds. The molecular weight excluding hydrogens is 242 g/mol. The van der Waals surface area contributed by atoms with Gasteiger partial charge in [0.25, 0.3) is 0 Å². The molecular formula is C11H22ClN3O2. The third kappa shape index (κ3) is 5.37. The van der Waals surface area contributed by atoms with E-state index in [1.165, 1.54) is 0 Å². The van der Waals surface area contributed by atoms with Gasteiger partial charge in [0.1, 0.15) is 0 Å². The van der Waals surface area contributed by atoms with Crippen LogP contribution in [0.15, 0.2) is 0 Å². The number of piperidine rings is 1. The SMILES string of the molecule is CNC(=O)CCN(C)C(=O)C1CCCNC1.Cl. The number of amides is 2. The van der Waals surface area contributed by atoms with E-state index < -0.39 is 0 Å². The summed E-state index contributed by atoms with van der Waals surface area (Å²) in [5.74, 6) is 0.209. The number of rotatable bonds is 4. The van der Waals surface area contributed by atoms with Crippen molar-refractivity contribution in [1.29, 1.82) is 0 Å². The first-order chi connectivity index (χ1) is 7.65. The second kappa shape index (κ2) is 8.31. The van der Waals surface area contributed by atoms with Crippen molar-refractivity contribution in [1.82, 2.24) is 15.5 Å². The number of carbonyl (C=O) groups is 2. The summed E-state index contributed by atoms with van der Waals surface area (Å²) in [5, 5.41) is 5.77. The molecule has 0 aromatic carbocycles. The van der Waals surface area contributed by atoms with Gasteiger partial charge in [0.05, 0.1) is 5.92 Å². The van der Waals surface area contributed by atoms with Crippen LogP contribution in [0.1, 0.15) is 19.3 Å². The third-order valence-electron chi connectivity index (χ3n) is 2.98. The van der Waals surface area contributed by atoms with E-state index in [4.69, 9.17) is 0 Å². The number of nitrogens with zero attached hydrogens (tertiary/aromatic N) is 1. The number of carbonyl (C=O) groups excluding carboxylic acids is 2. The summed E-state index contributed by atoms with van der Waals surface area (Å²) >= 11 is 0. The highest BCUT2D eigenvalue weighted by atomic mass is 35.5. The summed E-state index contributed by atoms with van der Waals surface area (Å²) < 4.78 is 0. The molecule has 100 valence electrons. The Morgan fingerprint density at radius 3 is 2.71 bits per heavy atom. The average Bonchev–Trinajstić information content (AvgIpc) is 2.35. The molecule has 0 aromatic rings. The molecule has 17 heavy (non-hydrogen) atoms. The zero-order valence-corrected chi connectivity index (χ0v) is 11.3. The molecule has 0 saturated carbocycles. The first-order valence-electron chi connectivity index (χ1n) is 5.81. The number of hydrogen-bond acceptors (Lipinski definition) is 3. The van der Waals surface area contributed by atoms with Crippen LogP contribution in [0.25, 0.3) is 0 Å². The summed E-state index contributed by atoms with van der Waals surface area (Å²) in [7, 11) is 3.37. The van der Waals surface area contributed by atoms with Gasteiger partial charge in [-0.3, -0.25) is 9.59 Å². The minimum Gasteiger partial charge on any atom is -0.359 e. The Kier molecular flexibility index (Phi) is 7.91. The van der Waals surface area contributed by atoms with Crippen LogP contribution in [0.3, 0.4) is 0 Å². The standard InChI is InChI=1S/C11H21N3O2.ClH/c1-12-10(15)5-7-14(2)11(16)9-4-3-6-13-8-9;/h9,13H,3-8H2,1-2H3,(H,12,15);1H. The molecule has 1 aliphatic rings. The Morgan fingerprint density at radius 1 is 1.47 bits per heavy atom. The van der Waals surface area contributed by atoms with E-state index in [9.17, 15) is 9.59 Å². The van der Waals surface area contributed by atoms with Crippen LogP contribution in [-0.4, -0.2) is 50.4 Å². The van der Waals surface area contributed by atoms with Gasteiger partial charge in [-0.05, 0) is 19.4 Å². The third-order valence-corrected chi connectivity index (χ3v) is 2.98. The van der Waals surface area contributed by atoms with Gasteiger partial charge in [0, 0.05) is 33.6 Å². The van der Waals surface area contributed by atoms with Gasteiger partial charge in [0.15, 0.2) is 0 Å². The molecule has 1 atom stereocenters. The fraction of sp³-hybridized carbons (Fsp3) is 0.818. The zero-order valence-electron chi connectivity index (χ0n) is 10.5. The molecule has 1 rings (SSSR count). The van der Waals surface area contributed by atoms with Gasteiger partial charge in [-0.25, -0.2) is 0 Å². The van der Waals surface area contributed by atoms with Gasteiger partial charge in [-0.15, -0.1) is 12.4 Å². The molecule has 2 N–H and O–H groups in total. The van der Waals surface area contributed by atoms with Crippen molar-refractivity contribution >= 4 is 24.2 Å². The van der Waals surface area contributed by atoms with E-state index in [0.717, 1.165) is 25.9 Å². The molecule has 1 fully saturated rings. The smallest absolute Gasteiger partial charge is 0.226 e. The highest BCUT2D eigenvalue weighted by Crippen LogP contribution is 2.12. The molecule has 6 heteroatoms. The Morgan fingerprint density at radius 2 is 2.18 bits per heavy atom. The molecule has 0 bridgehead atoms. The van der Waals surface area contributed by atoms with E-state index >= 15 is 0 Å². The lowest BCUT2D eigenvalue weighted by Crippen LogP contribution is -2.42. The van der Waals surface area contributed by atoms with Crippen LogP contribution in [0.4, 0.5) is 0 Å². The maximum atomic E-state index is 12.0. The normalized spacial score (nSPS) is 19.1. The van der Waals surface area contributed by atoms with Crippen molar-refractivity contribution in [3.8, 4) is 0 Å². The van der Waals surface area contributed by atoms with Gasteiger partial charge in [-0.2, -0.15) is 0 Å². The summed E-state index contributed by atoms with van der Waals surface area (Å²) in [4.78, 5) is 24.7. The molecule has 1 aliphatic heterocycles. The Hall–Kier alpha value is -0.810. The number of halogens is 1. The van der Waals surface area contributed by atoms with Gasteiger partial charge < -0.3 is 15.5 Å². The van der Waals surface area contributed by atoms with Crippen LogP contribution >= 0.6 is 12.4 Å². The lowest BCUT2D eigenvalue weighted by molar-refractivity contribution is -0.135. The number of hydrogen-bond donors (Lipinski definition) is 2. The first-order valence-corrected chi connectivity index (χ1v) is 5.81. The lowest BCUT2D eigenvalue weighted by atomic mass is 9.98. The van der Waals surface area contributed by atoms with Crippen LogP contribution in [0.5, 0.6) is 0 Å². The summed E-state index contributed by atoms with van der Waals surface area (Å²) in [5.41, 5.74) is 0. The largest absolute Gasteiger partial charge is 0.359 e. The molecule has 0 radical (unpaired) electrons. The second-order valence-corrected chi connectivity index (χ2v) is 4.23. The molecule has 5 nitrogen and oxygen atoms in total. The van der Waals surface area contributed by atoms with Crippen molar-refractivity contribution in [2.45, 2.75) is 19.3 Å². The zero-order chi connectivity index (χ0) is 12.0. The highest BCUT2D eigenvalue weighted by Gasteiger charge is 2.23. The lowest BCUT2D eigenvalue weighted by Gasteiger charge is -2.26. The predicted octanol–water partition coefficient (Wildman–Crippen LogP) is 0.00230. The second-order valence-electron chi connectivity index (χ2n) is 4.23. The Labute approximate surface area is 109 Å². The molecule has 0 aromatic heterocycles. The van der Waals surface area contributed by atoms with Crippen molar-refractivity contribution in [2.75, 3.05) is 33.7 Å². The Bertz CT molecular complexity index is 255. The van der Waals surface area contributed by atoms with Crippen LogP contribution in [0, 0.1) is 5.92 Å². The van der Waals surface area contributed by atoms with Crippen molar-refractivity contribution in [3.05, 3.63) is 0 Å². The van der Waals surface area contributed by atoms with Crippen molar-refractivity contribution < 1.29 is 9.59 Å². The van der Waals surface area contributed by atoms with E-state index in [1.807, 2.05) is 0 Å². The van der Waals surface area contributed by atoms with E-state index in [0.29, 0.717) is 13.0 Å². The van der Waals surface area contributed by atoms with Gasteiger partial charge in [-0.1, -0.05) is 0 Å². The minimum atomic E-state index is -0.0265. The summed E-state index contributed by atoms with van der Waals surface area (Å²) in [6.45, 7) is 2.27. The van der Waals surface area contributed by atoms with Crippen LogP contribution < -0.4 is 10.6 Å². The maximum absolute atomic E-state index is 12.0. The van der Waals surface area contributed by atoms with Crippen LogP contribution in [0.2, 0.25) is 0 Å². The average molecular weight is 264 g/mol. The number of nitrogens with one attached hydrogen (secondary N) is 2. The quantitative estimate of drug-likeness (QED) is 0.751. The summed E-state index contributed by atoms with van der Waals surface area (Å²) in [6, 6.07) is 0. The Balaban J connectivity index is 0.00000256. The monoisotopic (exact) mass is 263 g/mol. The van der Waals surface area contributed by atoms with Crippen molar-refractivity contribution in [3.63, 3.8) is 0 Å². The van der Waals surface area contributed by atoms with Crippen molar-refractivity contribution in [2.24, 2.45) is 5.92 Å². The van der Waals surface area contributed by atoms with Crippen LogP contribution in [-0.2, 0) is 9.59 Å². The van der Waals surface area contributed by atoms with E-state index in [2.05, 4.69) is 10.6 Å². The van der Waals surface area contributed by atoms with E-state index in [-0.39, 0.29) is 30.1 Å². The molecule has 1 heterocycles. The fourth-order valence-electron chi connectivity index (χ4n) is 1.88. The van der Waals surface area contributed by atoms with Gasteiger partial charge >= 0.3 is 0 Å². The molecule has 1 saturated heterocycles.